The zero-order valence-electron chi connectivity index (χ0n) is 11.1. The van der Waals surface area contributed by atoms with Crippen LogP contribution >= 0.6 is 22.7 Å². The lowest BCUT2D eigenvalue weighted by molar-refractivity contribution is 0.0956. The molecule has 0 aliphatic carbocycles. The van der Waals surface area contributed by atoms with Crippen molar-refractivity contribution in [2.24, 2.45) is 7.05 Å². The number of fused-ring (bicyclic) bond motifs is 1. The molecular weight excluding hydrogens is 292 g/mol. The minimum Gasteiger partial charge on any atom is -0.397 e. The van der Waals surface area contributed by atoms with Gasteiger partial charge in [-0.25, -0.2) is 0 Å². The molecule has 3 heterocycles. The minimum absolute atomic E-state index is 0.130. The highest BCUT2D eigenvalue weighted by Crippen LogP contribution is 2.35. The number of aromatic nitrogens is 2. The Morgan fingerprint density at radius 1 is 1.55 bits per heavy atom. The highest BCUT2D eigenvalue weighted by Gasteiger charge is 2.20. The van der Waals surface area contributed by atoms with E-state index >= 15 is 0 Å². The predicted molar refractivity (Wildman–Crippen MR) is 83.2 cm³/mol. The Labute approximate surface area is 124 Å². The van der Waals surface area contributed by atoms with Crippen LogP contribution in [0.4, 0.5) is 5.69 Å². The second kappa shape index (κ2) is 4.92. The average molecular weight is 306 g/mol. The van der Waals surface area contributed by atoms with Gasteiger partial charge in [0.05, 0.1) is 16.8 Å². The number of nitrogen functional groups attached to an aromatic ring is 1. The van der Waals surface area contributed by atoms with Crippen LogP contribution in [0.15, 0.2) is 16.8 Å². The average Bonchev–Trinajstić information content (AvgIpc) is 3.08. The summed E-state index contributed by atoms with van der Waals surface area (Å²) < 4.78 is 1.77. The topological polar surface area (TPSA) is 72.9 Å². The molecule has 3 rings (SSSR count). The first kappa shape index (κ1) is 13.1. The number of carbonyl (C=O) groups excluding carboxylic acids is 1. The van der Waals surface area contributed by atoms with Gasteiger partial charge in [-0.3, -0.25) is 9.48 Å². The number of thiophene rings is 2. The van der Waals surface area contributed by atoms with Crippen LogP contribution in [0.25, 0.3) is 10.2 Å². The van der Waals surface area contributed by atoms with Crippen molar-refractivity contribution in [1.29, 1.82) is 0 Å². The highest BCUT2D eigenvalue weighted by atomic mass is 32.1. The zero-order valence-corrected chi connectivity index (χ0v) is 12.8. The maximum absolute atomic E-state index is 12.2. The van der Waals surface area contributed by atoms with Crippen molar-refractivity contribution in [2.75, 3.05) is 5.73 Å². The number of hydrogen-bond donors (Lipinski definition) is 2. The van der Waals surface area contributed by atoms with E-state index in [1.807, 2.05) is 30.8 Å². The van der Waals surface area contributed by atoms with Crippen molar-refractivity contribution in [3.05, 3.63) is 33.0 Å². The van der Waals surface area contributed by atoms with E-state index in [2.05, 4.69) is 10.4 Å². The fourth-order valence-electron chi connectivity index (χ4n) is 2.15. The van der Waals surface area contributed by atoms with Crippen LogP contribution < -0.4 is 11.1 Å². The summed E-state index contributed by atoms with van der Waals surface area (Å²) in [5.74, 6) is -0.130. The lowest BCUT2D eigenvalue weighted by atomic mass is 10.2. The van der Waals surface area contributed by atoms with Crippen LogP contribution in [0.2, 0.25) is 0 Å². The fourth-order valence-corrected chi connectivity index (χ4v) is 3.93. The molecule has 0 aliphatic heterocycles. The van der Waals surface area contributed by atoms with E-state index in [0.717, 1.165) is 21.5 Å². The Morgan fingerprint density at radius 2 is 2.35 bits per heavy atom. The van der Waals surface area contributed by atoms with Crippen LogP contribution in [-0.2, 0) is 13.6 Å². The molecule has 3 N–H and O–H groups in total. The van der Waals surface area contributed by atoms with Gasteiger partial charge in [0.15, 0.2) is 0 Å². The molecule has 0 saturated heterocycles. The normalized spacial score (nSPS) is 11.1. The van der Waals surface area contributed by atoms with Gasteiger partial charge < -0.3 is 11.1 Å². The summed E-state index contributed by atoms with van der Waals surface area (Å²) in [5.41, 5.74) is 8.58. The molecule has 0 aromatic carbocycles. The number of hydrogen-bond acceptors (Lipinski definition) is 5. The van der Waals surface area contributed by atoms with E-state index in [-0.39, 0.29) is 5.91 Å². The van der Waals surface area contributed by atoms with Gasteiger partial charge in [-0.1, -0.05) is 0 Å². The third kappa shape index (κ3) is 2.08. The summed E-state index contributed by atoms with van der Waals surface area (Å²) in [5, 5.41) is 12.1. The Morgan fingerprint density at radius 3 is 3.00 bits per heavy atom. The Kier molecular flexibility index (Phi) is 3.23. The number of nitrogens with zero attached hydrogens (tertiary/aromatic N) is 2. The van der Waals surface area contributed by atoms with E-state index in [1.54, 1.807) is 16.0 Å². The Balaban J connectivity index is 1.88. The molecule has 7 heteroatoms. The number of nitrogens with two attached hydrogens (primary N) is 1. The first-order valence-corrected chi connectivity index (χ1v) is 7.84. The Hall–Kier alpha value is -1.86. The molecular formula is C13H14N4OS2. The molecule has 0 aliphatic rings. The van der Waals surface area contributed by atoms with E-state index in [4.69, 9.17) is 5.73 Å². The first-order valence-electron chi connectivity index (χ1n) is 6.08. The van der Waals surface area contributed by atoms with E-state index in [1.165, 1.54) is 11.3 Å². The van der Waals surface area contributed by atoms with Crippen LogP contribution in [0.1, 0.15) is 20.9 Å². The van der Waals surface area contributed by atoms with Crippen LogP contribution in [0, 0.1) is 6.92 Å². The summed E-state index contributed by atoms with van der Waals surface area (Å²) in [4.78, 5) is 13.7. The quantitative estimate of drug-likeness (QED) is 0.781. The van der Waals surface area contributed by atoms with Gasteiger partial charge in [0.2, 0.25) is 0 Å². The van der Waals surface area contributed by atoms with Gasteiger partial charge in [0.25, 0.3) is 5.91 Å². The molecule has 0 bridgehead atoms. The molecule has 0 unspecified atom stereocenters. The number of amides is 1. The molecule has 20 heavy (non-hydrogen) atoms. The number of anilines is 1. The SMILES string of the molecule is Cc1nn(C)c2sc(C(=O)NCc3ccsc3)c(N)c12. The van der Waals surface area contributed by atoms with Crippen molar-refractivity contribution in [3.8, 4) is 0 Å². The summed E-state index contributed by atoms with van der Waals surface area (Å²) >= 11 is 3.00. The summed E-state index contributed by atoms with van der Waals surface area (Å²) in [7, 11) is 1.86. The van der Waals surface area contributed by atoms with Crippen molar-refractivity contribution in [2.45, 2.75) is 13.5 Å². The molecule has 5 nitrogen and oxygen atoms in total. The monoisotopic (exact) mass is 306 g/mol. The Bertz CT molecular complexity index is 770. The molecule has 0 fully saturated rings. The number of nitrogens with one attached hydrogen (secondary N) is 1. The highest BCUT2D eigenvalue weighted by molar-refractivity contribution is 7.21. The van der Waals surface area contributed by atoms with Gasteiger partial charge >= 0.3 is 0 Å². The van der Waals surface area contributed by atoms with E-state index in [9.17, 15) is 4.79 Å². The number of aryl methyl sites for hydroxylation is 2. The lowest BCUT2D eigenvalue weighted by Gasteiger charge is -2.02. The molecule has 104 valence electrons. The second-order valence-electron chi connectivity index (χ2n) is 4.55. The van der Waals surface area contributed by atoms with Crippen LogP contribution in [0.3, 0.4) is 0 Å². The van der Waals surface area contributed by atoms with E-state index in [0.29, 0.717) is 17.1 Å². The first-order chi connectivity index (χ1) is 9.58. The third-order valence-corrected chi connectivity index (χ3v) is 5.12. The smallest absolute Gasteiger partial charge is 0.263 e. The van der Waals surface area contributed by atoms with Crippen molar-refractivity contribution < 1.29 is 4.79 Å². The van der Waals surface area contributed by atoms with Crippen LogP contribution in [-0.4, -0.2) is 15.7 Å². The molecule has 0 atom stereocenters. The lowest BCUT2D eigenvalue weighted by Crippen LogP contribution is -2.22. The third-order valence-electron chi connectivity index (χ3n) is 3.12. The van der Waals surface area contributed by atoms with Gasteiger partial charge in [-0.2, -0.15) is 16.4 Å². The van der Waals surface area contributed by atoms with Crippen LogP contribution in [0.5, 0.6) is 0 Å². The van der Waals surface area contributed by atoms with Gasteiger partial charge in [0, 0.05) is 13.6 Å². The van der Waals surface area contributed by atoms with Crippen molar-refractivity contribution >= 4 is 44.5 Å². The van der Waals surface area contributed by atoms with Crippen molar-refractivity contribution in [1.82, 2.24) is 15.1 Å². The maximum atomic E-state index is 12.2. The maximum Gasteiger partial charge on any atom is 0.263 e. The summed E-state index contributed by atoms with van der Waals surface area (Å²) in [6, 6.07) is 1.99. The molecule has 0 spiro atoms. The summed E-state index contributed by atoms with van der Waals surface area (Å²) in [6.07, 6.45) is 0. The van der Waals surface area contributed by atoms with Crippen molar-refractivity contribution in [3.63, 3.8) is 0 Å². The molecule has 1 amide bonds. The molecule has 0 radical (unpaired) electrons. The van der Waals surface area contributed by atoms with E-state index < -0.39 is 0 Å². The fraction of sp³-hybridized carbons (Fsp3) is 0.231. The number of carbonyl (C=O) groups is 1. The van der Waals surface area contributed by atoms with Gasteiger partial charge in [-0.05, 0) is 29.3 Å². The number of rotatable bonds is 3. The second-order valence-corrected chi connectivity index (χ2v) is 6.33. The molecule has 3 aromatic heterocycles. The largest absolute Gasteiger partial charge is 0.397 e. The summed E-state index contributed by atoms with van der Waals surface area (Å²) in [6.45, 7) is 2.42. The van der Waals surface area contributed by atoms with Gasteiger partial charge in [-0.15, -0.1) is 11.3 Å². The van der Waals surface area contributed by atoms with Gasteiger partial charge in [0.1, 0.15) is 9.71 Å². The minimum atomic E-state index is -0.130. The zero-order chi connectivity index (χ0) is 14.3. The standard InChI is InChI=1S/C13H14N4OS2/c1-7-9-10(14)11(20-13(9)17(2)16-7)12(18)15-5-8-3-4-19-6-8/h3-4,6H,5,14H2,1-2H3,(H,15,18). The molecule has 0 saturated carbocycles. The molecule has 3 aromatic rings. The predicted octanol–water partition coefficient (Wildman–Crippen LogP) is 2.52.